The van der Waals surface area contributed by atoms with Gasteiger partial charge in [0.05, 0.1) is 6.61 Å². The van der Waals surface area contributed by atoms with E-state index in [2.05, 4.69) is 10.6 Å². The molecule has 1 amide bonds. The van der Waals surface area contributed by atoms with E-state index < -0.39 is 26.3 Å². The molecule has 148 valence electrons. The van der Waals surface area contributed by atoms with E-state index in [1.165, 1.54) is 19.2 Å². The lowest BCUT2D eigenvalue weighted by Crippen LogP contribution is -2.55. The normalized spacial score (nSPS) is 16.4. The SMILES string of the molecule is COCCOc1ccc(NC(=O)C2(S(C)(=O)=O)CCNCC2)cc1F.Cl. The molecule has 1 aliphatic rings. The number of methoxy groups -OCH3 is 1. The Morgan fingerprint density at radius 2 is 1.96 bits per heavy atom. The first-order valence-electron chi connectivity index (χ1n) is 7.93. The van der Waals surface area contributed by atoms with E-state index in [0.717, 1.165) is 12.3 Å². The largest absolute Gasteiger partial charge is 0.488 e. The van der Waals surface area contributed by atoms with Crippen LogP contribution in [0.4, 0.5) is 10.1 Å². The quantitative estimate of drug-likeness (QED) is 0.659. The highest BCUT2D eigenvalue weighted by Crippen LogP contribution is 2.30. The van der Waals surface area contributed by atoms with Crippen LogP contribution >= 0.6 is 12.4 Å². The second kappa shape index (κ2) is 9.50. The lowest BCUT2D eigenvalue weighted by Gasteiger charge is -2.34. The molecule has 0 atom stereocenters. The number of sulfone groups is 1. The van der Waals surface area contributed by atoms with Crippen molar-refractivity contribution in [1.82, 2.24) is 5.32 Å². The molecule has 0 aliphatic carbocycles. The van der Waals surface area contributed by atoms with Crippen LogP contribution in [0.1, 0.15) is 12.8 Å². The third-order valence-corrected chi connectivity index (χ3v) is 6.28. The van der Waals surface area contributed by atoms with Gasteiger partial charge in [0.1, 0.15) is 6.61 Å². The molecule has 1 fully saturated rings. The van der Waals surface area contributed by atoms with E-state index in [9.17, 15) is 17.6 Å². The van der Waals surface area contributed by atoms with Crippen LogP contribution in [0.3, 0.4) is 0 Å². The van der Waals surface area contributed by atoms with Gasteiger partial charge in [-0.25, -0.2) is 12.8 Å². The fraction of sp³-hybridized carbons (Fsp3) is 0.562. The highest BCUT2D eigenvalue weighted by molar-refractivity contribution is 7.92. The highest BCUT2D eigenvalue weighted by atomic mass is 35.5. The average molecular weight is 411 g/mol. The Morgan fingerprint density at radius 1 is 1.31 bits per heavy atom. The summed E-state index contributed by atoms with van der Waals surface area (Å²) in [7, 11) is -2.11. The number of rotatable bonds is 7. The Hall–Kier alpha value is -1.42. The Kier molecular flexibility index (Phi) is 8.26. The van der Waals surface area contributed by atoms with Gasteiger partial charge in [-0.2, -0.15) is 0 Å². The molecule has 0 radical (unpaired) electrons. The van der Waals surface area contributed by atoms with E-state index in [4.69, 9.17) is 9.47 Å². The van der Waals surface area contributed by atoms with E-state index in [-0.39, 0.29) is 43.3 Å². The highest BCUT2D eigenvalue weighted by Gasteiger charge is 2.48. The second-order valence-electron chi connectivity index (χ2n) is 5.96. The van der Waals surface area contributed by atoms with Gasteiger partial charge in [0.25, 0.3) is 0 Å². The molecule has 1 heterocycles. The smallest absolute Gasteiger partial charge is 0.245 e. The topological polar surface area (TPSA) is 93.7 Å². The van der Waals surface area contributed by atoms with Crippen molar-refractivity contribution >= 4 is 33.8 Å². The van der Waals surface area contributed by atoms with Gasteiger partial charge < -0.3 is 20.1 Å². The number of ether oxygens (including phenoxy) is 2. The van der Waals surface area contributed by atoms with Crippen molar-refractivity contribution in [1.29, 1.82) is 0 Å². The molecule has 26 heavy (non-hydrogen) atoms. The van der Waals surface area contributed by atoms with Crippen LogP contribution in [0.5, 0.6) is 5.75 Å². The van der Waals surface area contributed by atoms with E-state index in [0.29, 0.717) is 19.7 Å². The molecule has 0 bridgehead atoms. The molecule has 0 unspecified atom stereocenters. The van der Waals surface area contributed by atoms with Crippen LogP contribution in [0.15, 0.2) is 18.2 Å². The summed E-state index contributed by atoms with van der Waals surface area (Å²) in [6.07, 6.45) is 1.42. The lowest BCUT2D eigenvalue weighted by atomic mass is 9.95. The molecular weight excluding hydrogens is 387 g/mol. The number of hydrogen-bond acceptors (Lipinski definition) is 6. The predicted octanol–water partition coefficient (Wildman–Crippen LogP) is 1.38. The van der Waals surface area contributed by atoms with E-state index >= 15 is 0 Å². The van der Waals surface area contributed by atoms with Crippen LogP contribution in [-0.4, -0.2) is 58.7 Å². The first-order valence-corrected chi connectivity index (χ1v) is 9.82. The summed E-state index contributed by atoms with van der Waals surface area (Å²) in [5, 5.41) is 5.57. The molecule has 1 aromatic rings. The fourth-order valence-corrected chi connectivity index (χ4v) is 4.11. The minimum atomic E-state index is -3.62. The maximum absolute atomic E-state index is 14.1. The van der Waals surface area contributed by atoms with Crippen LogP contribution in [0.2, 0.25) is 0 Å². The van der Waals surface area contributed by atoms with Gasteiger partial charge in [0, 0.05) is 25.1 Å². The lowest BCUT2D eigenvalue weighted by molar-refractivity contribution is -0.119. The van der Waals surface area contributed by atoms with Crippen LogP contribution in [-0.2, 0) is 19.4 Å². The summed E-state index contributed by atoms with van der Waals surface area (Å²) in [5.74, 6) is -1.24. The Morgan fingerprint density at radius 3 is 2.50 bits per heavy atom. The van der Waals surface area contributed by atoms with Gasteiger partial charge in [-0.15, -0.1) is 12.4 Å². The van der Waals surface area contributed by atoms with Crippen LogP contribution in [0, 0.1) is 5.82 Å². The first-order chi connectivity index (χ1) is 11.8. The molecule has 2 N–H and O–H groups in total. The molecule has 1 saturated heterocycles. The number of anilines is 1. The number of benzene rings is 1. The van der Waals surface area contributed by atoms with Gasteiger partial charge >= 0.3 is 0 Å². The average Bonchev–Trinajstić information content (AvgIpc) is 2.56. The minimum Gasteiger partial charge on any atom is -0.488 e. The van der Waals surface area contributed by atoms with E-state index in [1.54, 1.807) is 0 Å². The molecule has 1 aromatic carbocycles. The Labute approximate surface area is 159 Å². The Balaban J connectivity index is 0.00000338. The fourth-order valence-electron chi connectivity index (χ4n) is 2.77. The number of carbonyl (C=O) groups is 1. The van der Waals surface area contributed by atoms with Crippen molar-refractivity contribution in [3.05, 3.63) is 24.0 Å². The predicted molar refractivity (Wildman–Crippen MR) is 99.3 cm³/mol. The van der Waals surface area contributed by atoms with Crippen molar-refractivity contribution < 1.29 is 27.1 Å². The number of hydrogen-bond donors (Lipinski definition) is 2. The Bertz CT molecular complexity index is 723. The number of nitrogens with one attached hydrogen (secondary N) is 2. The van der Waals surface area contributed by atoms with E-state index in [1.807, 2.05) is 0 Å². The number of halogens is 2. The summed E-state index contributed by atoms with van der Waals surface area (Å²) < 4.78 is 47.0. The maximum Gasteiger partial charge on any atom is 0.245 e. The number of piperidine rings is 1. The van der Waals surface area contributed by atoms with Gasteiger partial charge in [-0.3, -0.25) is 4.79 Å². The van der Waals surface area contributed by atoms with Crippen molar-refractivity contribution in [3.8, 4) is 5.75 Å². The van der Waals surface area contributed by atoms with Gasteiger partial charge in [-0.1, -0.05) is 0 Å². The molecule has 0 saturated carbocycles. The van der Waals surface area contributed by atoms with Crippen molar-refractivity contribution in [2.45, 2.75) is 17.6 Å². The summed E-state index contributed by atoms with van der Waals surface area (Å²) in [4.78, 5) is 12.7. The molecule has 7 nitrogen and oxygen atoms in total. The van der Waals surface area contributed by atoms with Crippen LogP contribution in [0.25, 0.3) is 0 Å². The second-order valence-corrected chi connectivity index (χ2v) is 8.28. The van der Waals surface area contributed by atoms with Gasteiger partial charge in [0.2, 0.25) is 5.91 Å². The van der Waals surface area contributed by atoms with Crippen molar-refractivity contribution in [2.24, 2.45) is 0 Å². The summed E-state index contributed by atoms with van der Waals surface area (Å²) in [5.41, 5.74) is 0.183. The summed E-state index contributed by atoms with van der Waals surface area (Å²) in [6.45, 7) is 1.38. The standard InChI is InChI=1S/C16H23FN2O5S.ClH/c1-23-9-10-24-14-4-3-12(11-13(14)17)19-15(20)16(25(2,21)22)5-7-18-8-6-16;/h3-4,11,18H,5-10H2,1-2H3,(H,19,20);1H. The number of carbonyl (C=O) groups excluding carboxylic acids is 1. The zero-order chi connectivity index (χ0) is 18.5. The third-order valence-electron chi connectivity index (χ3n) is 4.27. The zero-order valence-corrected chi connectivity index (χ0v) is 16.3. The summed E-state index contributed by atoms with van der Waals surface area (Å²) >= 11 is 0. The van der Waals surface area contributed by atoms with Gasteiger partial charge in [-0.05, 0) is 38.1 Å². The first kappa shape index (κ1) is 22.6. The molecule has 10 heteroatoms. The number of amides is 1. The molecule has 0 spiro atoms. The minimum absolute atomic E-state index is 0. The van der Waals surface area contributed by atoms with Crippen molar-refractivity contribution in [3.63, 3.8) is 0 Å². The molecule has 1 aliphatic heterocycles. The van der Waals surface area contributed by atoms with Crippen LogP contribution < -0.4 is 15.4 Å². The summed E-state index contributed by atoms with van der Waals surface area (Å²) in [6, 6.07) is 3.97. The monoisotopic (exact) mass is 410 g/mol. The molecule has 0 aromatic heterocycles. The van der Waals surface area contributed by atoms with Gasteiger partial charge in [0.15, 0.2) is 26.2 Å². The molecule has 2 rings (SSSR count). The zero-order valence-electron chi connectivity index (χ0n) is 14.7. The third kappa shape index (κ3) is 5.06. The maximum atomic E-state index is 14.1. The van der Waals surface area contributed by atoms with Crippen molar-refractivity contribution in [2.75, 3.05) is 45.0 Å². The molecular formula is C16H24ClFN2O5S.